The molecule has 31 heavy (non-hydrogen) atoms. The van der Waals surface area contributed by atoms with Crippen molar-refractivity contribution in [2.75, 3.05) is 18.9 Å². The molecule has 0 atom stereocenters. The van der Waals surface area contributed by atoms with Gasteiger partial charge in [-0.3, -0.25) is 9.40 Å². The van der Waals surface area contributed by atoms with Gasteiger partial charge in [0, 0.05) is 24.4 Å². The number of nitrogens with two attached hydrogens (primary N) is 1. The second kappa shape index (κ2) is 8.28. The van der Waals surface area contributed by atoms with Crippen LogP contribution < -0.4 is 19.9 Å². The van der Waals surface area contributed by atoms with E-state index in [-0.39, 0.29) is 10.7 Å². The van der Waals surface area contributed by atoms with Gasteiger partial charge in [-0.2, -0.15) is 5.10 Å². The van der Waals surface area contributed by atoms with Gasteiger partial charge in [-0.25, -0.2) is 8.42 Å². The Morgan fingerprint density at radius 3 is 2.71 bits per heavy atom. The molecule has 11 heteroatoms. The summed E-state index contributed by atoms with van der Waals surface area (Å²) in [5.41, 5.74) is 7.77. The molecule has 0 saturated carbocycles. The van der Waals surface area contributed by atoms with E-state index in [0.29, 0.717) is 35.6 Å². The van der Waals surface area contributed by atoms with Crippen molar-refractivity contribution in [2.45, 2.75) is 18.0 Å². The Morgan fingerprint density at radius 2 is 2.00 bits per heavy atom. The van der Waals surface area contributed by atoms with Gasteiger partial charge in [-0.15, -0.1) is 0 Å². The first-order valence-corrected chi connectivity index (χ1v) is 10.8. The maximum absolute atomic E-state index is 12.8. The van der Waals surface area contributed by atoms with Gasteiger partial charge in [0.1, 0.15) is 16.9 Å². The summed E-state index contributed by atoms with van der Waals surface area (Å²) >= 11 is 0. The average molecular weight is 443 g/mol. The van der Waals surface area contributed by atoms with E-state index < -0.39 is 10.0 Å². The highest BCUT2D eigenvalue weighted by Gasteiger charge is 2.22. The molecule has 0 unspecified atom stereocenters. The summed E-state index contributed by atoms with van der Waals surface area (Å²) in [6, 6.07) is 9.67. The molecule has 0 radical (unpaired) electrons. The minimum atomic E-state index is -3.93. The standard InChI is InChI=1S/C20H21N5O5S/c1-28-15-4-3-5-16(8-15)31(26,27)24-20-19-17(29-2)6-13(7-18(19)30-23-20)11-25-12-14(9-21)10-22-25/h3-8,10,12H,9,11,21H2,1-2H3,(H,23,24). The zero-order valence-electron chi connectivity index (χ0n) is 16.9. The van der Waals surface area contributed by atoms with Gasteiger partial charge >= 0.3 is 0 Å². The summed E-state index contributed by atoms with van der Waals surface area (Å²) in [6.07, 6.45) is 3.56. The fourth-order valence-electron chi connectivity index (χ4n) is 3.15. The van der Waals surface area contributed by atoms with Crippen molar-refractivity contribution in [1.82, 2.24) is 14.9 Å². The van der Waals surface area contributed by atoms with Crippen LogP contribution in [-0.2, 0) is 23.1 Å². The quantitative estimate of drug-likeness (QED) is 0.424. The van der Waals surface area contributed by atoms with Gasteiger partial charge in [0.25, 0.3) is 10.0 Å². The highest BCUT2D eigenvalue weighted by Crippen LogP contribution is 2.35. The number of anilines is 1. The van der Waals surface area contributed by atoms with E-state index in [0.717, 1.165) is 11.1 Å². The smallest absolute Gasteiger partial charge is 0.263 e. The fourth-order valence-corrected chi connectivity index (χ4v) is 4.19. The van der Waals surface area contributed by atoms with E-state index in [1.54, 1.807) is 35.1 Å². The largest absolute Gasteiger partial charge is 0.497 e. The van der Waals surface area contributed by atoms with E-state index in [4.69, 9.17) is 19.7 Å². The molecular weight excluding hydrogens is 422 g/mol. The number of nitrogens with zero attached hydrogens (tertiary/aromatic N) is 3. The van der Waals surface area contributed by atoms with Crippen LogP contribution in [0.25, 0.3) is 11.0 Å². The van der Waals surface area contributed by atoms with Gasteiger partial charge in [-0.05, 0) is 29.8 Å². The predicted octanol–water partition coefficient (Wildman–Crippen LogP) is 2.35. The third-order valence-corrected chi connectivity index (χ3v) is 6.00. The number of methoxy groups -OCH3 is 2. The van der Waals surface area contributed by atoms with Crippen molar-refractivity contribution in [3.05, 3.63) is 59.9 Å². The summed E-state index contributed by atoms with van der Waals surface area (Å²) in [4.78, 5) is 0.0352. The number of fused-ring (bicyclic) bond motifs is 1. The molecule has 0 aliphatic heterocycles. The van der Waals surface area contributed by atoms with Crippen LogP contribution in [0, 0.1) is 0 Å². The molecule has 0 bridgehead atoms. The van der Waals surface area contributed by atoms with E-state index in [1.165, 1.54) is 26.4 Å². The summed E-state index contributed by atoms with van der Waals surface area (Å²) in [6.45, 7) is 0.860. The van der Waals surface area contributed by atoms with Crippen molar-refractivity contribution in [2.24, 2.45) is 5.73 Å². The number of hydrogen-bond donors (Lipinski definition) is 2. The Labute approximate surface area is 178 Å². The Kier molecular flexibility index (Phi) is 5.53. The molecule has 2 aromatic carbocycles. The molecule has 162 valence electrons. The van der Waals surface area contributed by atoms with Crippen LogP contribution in [0.5, 0.6) is 11.5 Å². The zero-order chi connectivity index (χ0) is 22.0. The first-order valence-electron chi connectivity index (χ1n) is 9.28. The monoisotopic (exact) mass is 443 g/mol. The number of hydrogen-bond acceptors (Lipinski definition) is 8. The molecule has 10 nitrogen and oxygen atoms in total. The summed E-state index contributed by atoms with van der Waals surface area (Å²) < 4.78 is 45.9. The Bertz CT molecular complexity index is 1330. The summed E-state index contributed by atoms with van der Waals surface area (Å²) in [5, 5.41) is 8.59. The number of benzene rings is 2. The summed E-state index contributed by atoms with van der Waals surface area (Å²) in [7, 11) is -0.968. The zero-order valence-corrected chi connectivity index (χ0v) is 17.7. The molecule has 4 aromatic rings. The van der Waals surface area contributed by atoms with E-state index in [1.807, 2.05) is 6.20 Å². The number of rotatable bonds is 8. The van der Waals surface area contributed by atoms with Crippen LogP contribution in [0.2, 0.25) is 0 Å². The lowest BCUT2D eigenvalue weighted by molar-refractivity contribution is 0.413. The topological polar surface area (TPSA) is 134 Å². The molecule has 0 aliphatic rings. The molecule has 2 aromatic heterocycles. The normalized spacial score (nSPS) is 11.6. The second-order valence-corrected chi connectivity index (χ2v) is 8.42. The van der Waals surface area contributed by atoms with Crippen LogP contribution in [0.15, 0.2) is 58.2 Å². The molecule has 0 aliphatic carbocycles. The molecule has 2 heterocycles. The lowest BCUT2D eigenvalue weighted by atomic mass is 10.1. The predicted molar refractivity (Wildman–Crippen MR) is 114 cm³/mol. The lowest BCUT2D eigenvalue weighted by Gasteiger charge is -2.09. The minimum absolute atomic E-state index is 0.0331. The van der Waals surface area contributed by atoms with Crippen LogP contribution >= 0.6 is 0 Å². The van der Waals surface area contributed by atoms with Crippen LogP contribution in [-0.4, -0.2) is 37.6 Å². The Morgan fingerprint density at radius 1 is 1.16 bits per heavy atom. The van der Waals surface area contributed by atoms with E-state index >= 15 is 0 Å². The van der Waals surface area contributed by atoms with Gasteiger partial charge in [0.15, 0.2) is 11.4 Å². The SMILES string of the molecule is COc1cccc(S(=O)(=O)Nc2noc3cc(Cn4cc(CN)cn4)cc(OC)c23)c1. The van der Waals surface area contributed by atoms with Crippen molar-refractivity contribution in [3.63, 3.8) is 0 Å². The fraction of sp³-hybridized carbons (Fsp3) is 0.200. The minimum Gasteiger partial charge on any atom is -0.497 e. The average Bonchev–Trinajstić information content (AvgIpc) is 3.40. The molecule has 0 fully saturated rings. The Hall–Kier alpha value is -3.57. The maximum atomic E-state index is 12.8. The van der Waals surface area contributed by atoms with Crippen molar-refractivity contribution in [3.8, 4) is 11.5 Å². The highest BCUT2D eigenvalue weighted by atomic mass is 32.2. The van der Waals surface area contributed by atoms with Crippen molar-refractivity contribution >= 4 is 26.8 Å². The number of ether oxygens (including phenoxy) is 2. The highest BCUT2D eigenvalue weighted by molar-refractivity contribution is 7.92. The number of sulfonamides is 1. The van der Waals surface area contributed by atoms with Gasteiger partial charge in [0.05, 0.1) is 31.9 Å². The van der Waals surface area contributed by atoms with Crippen LogP contribution in [0.4, 0.5) is 5.82 Å². The van der Waals surface area contributed by atoms with Crippen LogP contribution in [0.3, 0.4) is 0 Å². The van der Waals surface area contributed by atoms with Gasteiger partial charge in [-0.1, -0.05) is 11.2 Å². The number of nitrogens with one attached hydrogen (secondary N) is 1. The lowest BCUT2D eigenvalue weighted by Crippen LogP contribution is -2.13. The molecule has 0 spiro atoms. The van der Waals surface area contributed by atoms with E-state index in [2.05, 4.69) is 15.0 Å². The third-order valence-electron chi connectivity index (χ3n) is 4.67. The van der Waals surface area contributed by atoms with Crippen molar-refractivity contribution < 1.29 is 22.4 Å². The first kappa shape index (κ1) is 20.7. The van der Waals surface area contributed by atoms with Crippen LogP contribution in [0.1, 0.15) is 11.1 Å². The molecule has 3 N–H and O–H groups in total. The second-order valence-electron chi connectivity index (χ2n) is 6.74. The molecule has 4 rings (SSSR count). The Balaban J connectivity index is 1.67. The van der Waals surface area contributed by atoms with E-state index in [9.17, 15) is 8.42 Å². The molecular formula is C20H21N5O5S. The van der Waals surface area contributed by atoms with Gasteiger partial charge < -0.3 is 19.7 Å². The van der Waals surface area contributed by atoms with Crippen molar-refractivity contribution in [1.29, 1.82) is 0 Å². The third kappa shape index (κ3) is 4.18. The maximum Gasteiger partial charge on any atom is 0.263 e. The first-order chi connectivity index (χ1) is 14.9. The number of aromatic nitrogens is 3. The molecule has 0 amide bonds. The van der Waals surface area contributed by atoms with Gasteiger partial charge in [0.2, 0.25) is 0 Å². The summed E-state index contributed by atoms with van der Waals surface area (Å²) in [5.74, 6) is 0.876. The molecule has 0 saturated heterocycles.